The van der Waals surface area contributed by atoms with E-state index in [2.05, 4.69) is 116 Å². The molecule has 0 bridgehead atoms. The Morgan fingerprint density at radius 1 is 0.776 bits per heavy atom. The average molecular weight is 839 g/mol. The summed E-state index contributed by atoms with van der Waals surface area (Å²) >= 11 is 0. The fraction of sp³-hybridized carbons (Fsp3) is 0.227. The van der Waals surface area contributed by atoms with Gasteiger partial charge in [-0.3, -0.25) is 0 Å². The van der Waals surface area contributed by atoms with Gasteiger partial charge in [-0.2, -0.15) is 0 Å². The van der Waals surface area contributed by atoms with Crippen LogP contribution >= 0.6 is 0 Å². The van der Waals surface area contributed by atoms with Crippen LogP contribution < -0.4 is 5.19 Å². The summed E-state index contributed by atoms with van der Waals surface area (Å²) in [6, 6.07) is 41.2. The van der Waals surface area contributed by atoms with Crippen LogP contribution in [0.4, 0.5) is 0 Å². The number of aromatic nitrogens is 2. The molecular formula is C44H44IrN2OSi-2. The SMILES string of the molecule is CC(C)c1ccnc(-c2[c-]cc3oc4c(-c5ccccc5)cccc4c3c2)c1.[2H]C([2H])(c1cc(-c2[c-]cccc2)ncc1[Si](C)(C)C)C(C)C.[Ir]. The number of hydrogen-bond donors (Lipinski definition) is 0. The van der Waals surface area contributed by atoms with Gasteiger partial charge in [-0.1, -0.05) is 125 Å². The minimum absolute atomic E-state index is 0. The van der Waals surface area contributed by atoms with Gasteiger partial charge in [0.15, 0.2) is 0 Å². The van der Waals surface area contributed by atoms with Crippen LogP contribution in [0.3, 0.4) is 0 Å². The zero-order valence-corrected chi connectivity index (χ0v) is 32.7. The summed E-state index contributed by atoms with van der Waals surface area (Å²) in [5, 5.41) is 3.32. The molecule has 0 fully saturated rings. The molecule has 0 N–H and O–H groups in total. The van der Waals surface area contributed by atoms with E-state index in [-0.39, 0.29) is 26.0 Å². The number of rotatable bonds is 7. The quantitative estimate of drug-likeness (QED) is 0.119. The van der Waals surface area contributed by atoms with E-state index in [1.807, 2.05) is 68.7 Å². The molecule has 0 spiro atoms. The number of nitrogens with zero attached hydrogens (tertiary/aromatic N) is 2. The second kappa shape index (κ2) is 15.6. The molecule has 1 radical (unpaired) electrons. The van der Waals surface area contributed by atoms with Crippen molar-refractivity contribution < 1.29 is 27.3 Å². The average Bonchev–Trinajstić information content (AvgIpc) is 3.50. The van der Waals surface area contributed by atoms with Crippen LogP contribution in [-0.2, 0) is 26.5 Å². The summed E-state index contributed by atoms with van der Waals surface area (Å²) in [4.78, 5) is 9.15. The van der Waals surface area contributed by atoms with Crippen LogP contribution in [0.25, 0.3) is 55.6 Å². The van der Waals surface area contributed by atoms with Gasteiger partial charge in [0, 0.05) is 46.2 Å². The number of benzene rings is 4. The third kappa shape index (κ3) is 8.36. The first-order valence-corrected chi connectivity index (χ1v) is 20.2. The number of furan rings is 1. The Hall–Kier alpha value is -4.15. The maximum Gasteiger partial charge on any atom is 0.128 e. The molecule has 0 amide bonds. The molecule has 49 heavy (non-hydrogen) atoms. The predicted molar refractivity (Wildman–Crippen MR) is 205 cm³/mol. The van der Waals surface area contributed by atoms with Crippen LogP contribution in [0.5, 0.6) is 0 Å². The van der Waals surface area contributed by atoms with Crippen molar-refractivity contribution in [2.45, 2.75) is 59.6 Å². The number of pyridine rings is 2. The molecule has 251 valence electrons. The van der Waals surface area contributed by atoms with E-state index in [1.165, 1.54) is 5.56 Å². The third-order valence-electron chi connectivity index (χ3n) is 8.38. The zero-order valence-electron chi connectivity index (χ0n) is 31.3. The Bertz CT molecular complexity index is 2240. The molecule has 7 aromatic rings. The molecule has 0 unspecified atom stereocenters. The fourth-order valence-electron chi connectivity index (χ4n) is 5.87. The van der Waals surface area contributed by atoms with E-state index in [9.17, 15) is 0 Å². The molecule has 0 aliphatic carbocycles. The topological polar surface area (TPSA) is 38.9 Å². The normalized spacial score (nSPS) is 12.3. The largest absolute Gasteiger partial charge is 0.500 e. The molecule has 7 rings (SSSR count). The van der Waals surface area contributed by atoms with Crippen molar-refractivity contribution in [3.63, 3.8) is 0 Å². The molecule has 5 heteroatoms. The van der Waals surface area contributed by atoms with Crippen molar-refractivity contribution in [2.75, 3.05) is 0 Å². The van der Waals surface area contributed by atoms with Gasteiger partial charge in [0.05, 0.1) is 13.7 Å². The third-order valence-corrected chi connectivity index (χ3v) is 10.4. The van der Waals surface area contributed by atoms with Crippen molar-refractivity contribution in [1.82, 2.24) is 9.97 Å². The van der Waals surface area contributed by atoms with E-state index in [0.717, 1.165) is 66.3 Å². The summed E-state index contributed by atoms with van der Waals surface area (Å²) < 4.78 is 23.3. The molecule has 3 aromatic heterocycles. The fourth-order valence-corrected chi connectivity index (χ4v) is 7.28. The molecule has 3 heterocycles. The van der Waals surface area contributed by atoms with Crippen LogP contribution in [0, 0.1) is 18.1 Å². The smallest absolute Gasteiger partial charge is 0.128 e. The molecule has 4 aromatic carbocycles. The first-order valence-electron chi connectivity index (χ1n) is 17.7. The van der Waals surface area contributed by atoms with E-state index >= 15 is 0 Å². The van der Waals surface area contributed by atoms with Gasteiger partial charge in [-0.05, 0) is 46.4 Å². The number of fused-ring (bicyclic) bond motifs is 3. The van der Waals surface area contributed by atoms with Gasteiger partial charge < -0.3 is 14.4 Å². The van der Waals surface area contributed by atoms with Gasteiger partial charge >= 0.3 is 0 Å². The monoisotopic (exact) mass is 839 g/mol. The van der Waals surface area contributed by atoms with Gasteiger partial charge in [0.1, 0.15) is 5.58 Å². The zero-order chi connectivity index (χ0) is 35.6. The summed E-state index contributed by atoms with van der Waals surface area (Å²) in [6.07, 6.45) is 2.41. The van der Waals surface area contributed by atoms with Gasteiger partial charge in [-0.25, -0.2) is 0 Å². The second-order valence-corrected chi connectivity index (χ2v) is 18.9. The van der Waals surface area contributed by atoms with E-state index in [4.69, 9.17) is 7.16 Å². The van der Waals surface area contributed by atoms with E-state index < -0.39 is 14.4 Å². The van der Waals surface area contributed by atoms with Gasteiger partial charge in [0.2, 0.25) is 0 Å². The Morgan fingerprint density at radius 3 is 2.22 bits per heavy atom. The maximum atomic E-state index is 8.55. The van der Waals surface area contributed by atoms with Crippen LogP contribution in [-0.4, -0.2) is 18.0 Å². The summed E-state index contributed by atoms with van der Waals surface area (Å²) in [5.41, 5.74) is 9.74. The standard InChI is InChI=1S/C26H20NO.C18H24NSi.Ir/c1-17(2)19-13-14-27-24(16-19)20-11-12-25-23(15-20)22-10-6-9-21(26(22)28-25)18-7-4-3-5-8-18;1-14(2)11-16-12-17(15-9-7-6-8-10-15)19-13-18(16)20(3,4)5;/h3-10,12-17H,1-2H3;6-9,12-14H,11H2,1-5H3;/q2*-1;/i;11D2;. The Kier molecular flexibility index (Phi) is 10.6. The first kappa shape index (κ1) is 33.3. The Labute approximate surface area is 309 Å². The second-order valence-electron chi connectivity index (χ2n) is 13.8. The Balaban J connectivity index is 0.000000200. The van der Waals surface area contributed by atoms with E-state index in [1.54, 1.807) is 0 Å². The predicted octanol–water partition coefficient (Wildman–Crippen LogP) is 11.5. The van der Waals surface area contributed by atoms with Crippen molar-refractivity contribution in [3.8, 4) is 33.6 Å². The molecule has 0 saturated carbocycles. The molecule has 0 aliphatic heterocycles. The van der Waals surface area contributed by atoms with Crippen LogP contribution in [0.1, 0.15) is 47.5 Å². The van der Waals surface area contributed by atoms with Crippen molar-refractivity contribution >= 4 is 35.2 Å². The maximum absolute atomic E-state index is 8.55. The van der Waals surface area contributed by atoms with E-state index in [0.29, 0.717) is 5.92 Å². The first-order chi connectivity index (χ1) is 23.8. The molecule has 0 atom stereocenters. The Morgan fingerprint density at radius 2 is 1.53 bits per heavy atom. The van der Waals surface area contributed by atoms with Gasteiger partial charge in [0.25, 0.3) is 0 Å². The molecular weight excluding hydrogens is 793 g/mol. The van der Waals surface area contributed by atoms with Crippen molar-refractivity contribution in [1.29, 1.82) is 0 Å². The van der Waals surface area contributed by atoms with Crippen molar-refractivity contribution in [3.05, 3.63) is 139 Å². The summed E-state index contributed by atoms with van der Waals surface area (Å²) in [5.74, 6) is 0.381. The van der Waals surface area contributed by atoms with Crippen LogP contribution in [0.15, 0.2) is 120 Å². The molecule has 3 nitrogen and oxygen atoms in total. The summed E-state index contributed by atoms with van der Waals surface area (Å²) in [6.45, 7) is 15.0. The minimum atomic E-state index is -1.67. The molecule has 0 saturated heterocycles. The number of para-hydroxylation sites is 1. The molecule has 0 aliphatic rings. The summed E-state index contributed by atoms with van der Waals surface area (Å²) in [7, 11) is -1.67. The van der Waals surface area contributed by atoms with Crippen LogP contribution in [0.2, 0.25) is 19.6 Å². The van der Waals surface area contributed by atoms with Gasteiger partial charge in [-0.15, -0.1) is 59.7 Å². The number of hydrogen-bond acceptors (Lipinski definition) is 3. The minimum Gasteiger partial charge on any atom is -0.500 e. The van der Waals surface area contributed by atoms with Crippen molar-refractivity contribution in [2.24, 2.45) is 5.92 Å².